The number of hydrogen-bond donors (Lipinski definition) is 2. The van der Waals surface area contributed by atoms with Gasteiger partial charge < -0.3 is 10.1 Å². The largest absolute Gasteiger partial charge is 0.495 e. The summed E-state index contributed by atoms with van der Waals surface area (Å²) in [5.41, 5.74) is 3.95. The third-order valence-electron chi connectivity index (χ3n) is 4.89. The number of nitrogens with one attached hydrogen (secondary N) is 2. The van der Waals surface area contributed by atoms with Crippen LogP contribution < -0.4 is 14.8 Å². The topological polar surface area (TPSA) is 84.5 Å². The molecule has 7 heteroatoms. The average Bonchev–Trinajstić information content (AvgIpc) is 2.75. The fourth-order valence-electron chi connectivity index (χ4n) is 3.23. The maximum Gasteiger partial charge on any atom is 0.255 e. The van der Waals surface area contributed by atoms with E-state index in [2.05, 4.69) is 10.0 Å². The van der Waals surface area contributed by atoms with Crippen molar-refractivity contribution in [3.8, 4) is 5.75 Å². The summed E-state index contributed by atoms with van der Waals surface area (Å²) < 4.78 is 33.6. The molecule has 2 N–H and O–H groups in total. The van der Waals surface area contributed by atoms with E-state index in [9.17, 15) is 13.2 Å². The van der Waals surface area contributed by atoms with Gasteiger partial charge in [0, 0.05) is 17.8 Å². The molecule has 0 aliphatic heterocycles. The first kappa shape index (κ1) is 22.5. The maximum absolute atomic E-state index is 12.9. The van der Waals surface area contributed by atoms with E-state index in [1.54, 1.807) is 6.07 Å². The number of carbonyl (C=O) groups is 1. The highest BCUT2D eigenvalue weighted by Crippen LogP contribution is 2.26. The highest BCUT2D eigenvalue weighted by Gasteiger charge is 2.21. The Balaban J connectivity index is 1.79. The van der Waals surface area contributed by atoms with Gasteiger partial charge in [-0.3, -0.25) is 4.79 Å². The summed E-state index contributed by atoms with van der Waals surface area (Å²) in [7, 11) is -2.47. The van der Waals surface area contributed by atoms with Crippen molar-refractivity contribution in [2.45, 2.75) is 25.2 Å². The molecule has 1 amide bonds. The normalized spacial score (nSPS) is 11.2. The third-order valence-corrected chi connectivity index (χ3v) is 6.38. The van der Waals surface area contributed by atoms with Gasteiger partial charge in [-0.15, -0.1) is 0 Å². The van der Waals surface area contributed by atoms with Crippen molar-refractivity contribution >= 4 is 21.6 Å². The Morgan fingerprint density at radius 3 is 2.39 bits per heavy atom. The molecule has 3 rings (SSSR count). The molecular weight excluding hydrogens is 412 g/mol. The lowest BCUT2D eigenvalue weighted by atomic mass is 10.1. The lowest BCUT2D eigenvalue weighted by Crippen LogP contribution is -2.27. The van der Waals surface area contributed by atoms with Crippen LogP contribution in [0.15, 0.2) is 71.6 Å². The van der Waals surface area contributed by atoms with Gasteiger partial charge in [0.2, 0.25) is 10.0 Å². The van der Waals surface area contributed by atoms with E-state index in [1.807, 2.05) is 62.4 Å². The molecule has 0 spiro atoms. The van der Waals surface area contributed by atoms with Gasteiger partial charge in [-0.05, 0) is 55.7 Å². The molecule has 3 aromatic carbocycles. The highest BCUT2D eigenvalue weighted by molar-refractivity contribution is 7.89. The average molecular weight is 439 g/mol. The summed E-state index contributed by atoms with van der Waals surface area (Å²) in [5.74, 6) is -0.217. The summed E-state index contributed by atoms with van der Waals surface area (Å²) in [6.07, 6.45) is 0.551. The molecule has 6 nitrogen and oxygen atoms in total. The van der Waals surface area contributed by atoms with Crippen molar-refractivity contribution < 1.29 is 17.9 Å². The van der Waals surface area contributed by atoms with Gasteiger partial charge in [0.1, 0.15) is 10.6 Å². The van der Waals surface area contributed by atoms with Crippen LogP contribution in [0.5, 0.6) is 5.75 Å². The Labute approximate surface area is 183 Å². The number of methoxy groups -OCH3 is 1. The van der Waals surface area contributed by atoms with Gasteiger partial charge in [0.05, 0.1) is 7.11 Å². The molecule has 0 saturated carbocycles. The summed E-state index contributed by atoms with van der Waals surface area (Å²) in [6.45, 7) is 4.11. The van der Waals surface area contributed by atoms with Gasteiger partial charge in [-0.2, -0.15) is 0 Å². The summed E-state index contributed by atoms with van der Waals surface area (Å²) in [6, 6.07) is 19.7. The van der Waals surface area contributed by atoms with Crippen molar-refractivity contribution in [1.82, 2.24) is 4.72 Å². The maximum atomic E-state index is 12.9. The molecule has 0 aliphatic carbocycles. The molecular formula is C24H26N2O4S. The van der Waals surface area contributed by atoms with E-state index in [0.717, 1.165) is 16.7 Å². The van der Waals surface area contributed by atoms with E-state index in [4.69, 9.17) is 4.74 Å². The van der Waals surface area contributed by atoms with Crippen LogP contribution in [0.25, 0.3) is 0 Å². The molecule has 0 bridgehead atoms. The first-order valence-electron chi connectivity index (χ1n) is 9.90. The second kappa shape index (κ2) is 9.76. The minimum atomic E-state index is -3.87. The number of anilines is 1. The highest BCUT2D eigenvalue weighted by atomic mass is 32.2. The first-order chi connectivity index (χ1) is 14.8. The van der Waals surface area contributed by atoms with Gasteiger partial charge in [0.25, 0.3) is 5.91 Å². The van der Waals surface area contributed by atoms with E-state index >= 15 is 0 Å². The Morgan fingerprint density at radius 1 is 0.968 bits per heavy atom. The van der Waals surface area contributed by atoms with Crippen LogP contribution in [-0.4, -0.2) is 28.0 Å². The number of sulfonamides is 1. The van der Waals surface area contributed by atoms with Gasteiger partial charge >= 0.3 is 0 Å². The SMILES string of the molecule is COc1ccc(C(=O)Nc2ccc(C)cc2C)cc1S(=O)(=O)NCCc1ccccc1. The predicted molar refractivity (Wildman–Crippen MR) is 122 cm³/mol. The zero-order valence-corrected chi connectivity index (χ0v) is 18.6. The first-order valence-corrected chi connectivity index (χ1v) is 11.4. The zero-order chi connectivity index (χ0) is 22.4. The van der Waals surface area contributed by atoms with Crippen molar-refractivity contribution in [3.05, 3.63) is 89.0 Å². The number of rotatable bonds is 8. The zero-order valence-electron chi connectivity index (χ0n) is 17.8. The van der Waals surface area contributed by atoms with Crippen molar-refractivity contribution in [1.29, 1.82) is 0 Å². The van der Waals surface area contributed by atoms with Crippen molar-refractivity contribution in [3.63, 3.8) is 0 Å². The van der Waals surface area contributed by atoms with Crippen LogP contribution in [0.4, 0.5) is 5.69 Å². The number of carbonyl (C=O) groups excluding carboxylic acids is 1. The Kier molecular flexibility index (Phi) is 7.09. The van der Waals surface area contributed by atoms with Crippen LogP contribution in [0.3, 0.4) is 0 Å². The predicted octanol–water partition coefficient (Wildman–Crippen LogP) is 4.09. The standard InChI is InChI=1S/C24H26N2O4S/c1-17-9-11-21(18(2)15-17)26-24(27)20-10-12-22(30-3)23(16-20)31(28,29)25-14-13-19-7-5-4-6-8-19/h4-12,15-16,25H,13-14H2,1-3H3,(H,26,27). The van der Waals surface area contributed by atoms with Crippen LogP contribution in [0, 0.1) is 13.8 Å². The van der Waals surface area contributed by atoms with E-state index in [1.165, 1.54) is 19.2 Å². The van der Waals surface area contributed by atoms with Gasteiger partial charge in [-0.25, -0.2) is 13.1 Å². The molecule has 162 valence electrons. The van der Waals surface area contributed by atoms with Crippen molar-refractivity contribution in [2.75, 3.05) is 19.0 Å². The fourth-order valence-corrected chi connectivity index (χ4v) is 4.45. The fraction of sp³-hybridized carbons (Fsp3) is 0.208. The Morgan fingerprint density at radius 2 is 1.71 bits per heavy atom. The van der Waals surface area contributed by atoms with Gasteiger partial charge in [-0.1, -0.05) is 48.0 Å². The molecule has 0 fully saturated rings. The minimum absolute atomic E-state index is 0.0728. The Bertz CT molecular complexity index is 1180. The van der Waals surface area contributed by atoms with Crippen molar-refractivity contribution in [2.24, 2.45) is 0 Å². The summed E-state index contributed by atoms with van der Waals surface area (Å²) in [4.78, 5) is 12.7. The molecule has 3 aromatic rings. The molecule has 0 aliphatic rings. The van der Waals surface area contributed by atoms with E-state index in [-0.39, 0.29) is 22.8 Å². The number of benzene rings is 3. The smallest absolute Gasteiger partial charge is 0.255 e. The number of ether oxygens (including phenoxy) is 1. The van der Waals surface area contributed by atoms with Crippen LogP contribution in [0.2, 0.25) is 0 Å². The number of hydrogen-bond acceptors (Lipinski definition) is 4. The molecule has 0 heterocycles. The Hall–Kier alpha value is -3.16. The minimum Gasteiger partial charge on any atom is -0.495 e. The number of aryl methyl sites for hydroxylation is 2. The number of amides is 1. The second-order valence-corrected chi connectivity index (χ2v) is 9.01. The monoisotopic (exact) mass is 438 g/mol. The van der Waals surface area contributed by atoms with Gasteiger partial charge in [0.15, 0.2) is 0 Å². The van der Waals surface area contributed by atoms with Crippen LogP contribution in [0.1, 0.15) is 27.0 Å². The lowest BCUT2D eigenvalue weighted by Gasteiger charge is -2.13. The van der Waals surface area contributed by atoms with E-state index in [0.29, 0.717) is 12.1 Å². The van der Waals surface area contributed by atoms with Crippen LogP contribution in [-0.2, 0) is 16.4 Å². The quantitative estimate of drug-likeness (QED) is 0.555. The molecule has 0 aromatic heterocycles. The molecule has 31 heavy (non-hydrogen) atoms. The lowest BCUT2D eigenvalue weighted by molar-refractivity contribution is 0.102. The second-order valence-electron chi connectivity index (χ2n) is 7.27. The molecule has 0 atom stereocenters. The molecule has 0 unspecified atom stereocenters. The molecule has 0 radical (unpaired) electrons. The summed E-state index contributed by atoms with van der Waals surface area (Å²) in [5, 5.41) is 2.84. The summed E-state index contributed by atoms with van der Waals surface area (Å²) >= 11 is 0. The van der Waals surface area contributed by atoms with E-state index < -0.39 is 15.9 Å². The van der Waals surface area contributed by atoms with Crippen LogP contribution >= 0.6 is 0 Å². The third kappa shape index (κ3) is 5.71. The molecule has 0 saturated heterocycles.